The van der Waals surface area contributed by atoms with Gasteiger partial charge in [0.1, 0.15) is 15.4 Å². The number of nitrogens with one attached hydrogen (secondary N) is 1. The highest BCUT2D eigenvalue weighted by Crippen LogP contribution is 2.48. The number of thiophene rings is 1. The number of rotatable bonds is 5. The number of carbonyl (C=O) groups excluding carboxylic acids is 2. The number of primary amides is 1. The third-order valence-corrected chi connectivity index (χ3v) is 6.24. The van der Waals surface area contributed by atoms with Crippen LogP contribution < -0.4 is 11.1 Å². The van der Waals surface area contributed by atoms with Gasteiger partial charge in [-0.3, -0.25) is 9.59 Å². The lowest BCUT2D eigenvalue weighted by Gasteiger charge is -2.11. The van der Waals surface area contributed by atoms with E-state index >= 15 is 0 Å². The van der Waals surface area contributed by atoms with Gasteiger partial charge in [-0.15, -0.1) is 11.3 Å². The minimum absolute atomic E-state index is 0.0410. The molecule has 0 spiro atoms. The number of hydrogen-bond acceptors (Lipinski definition) is 4. The van der Waals surface area contributed by atoms with Crippen LogP contribution in [0.3, 0.4) is 0 Å². The summed E-state index contributed by atoms with van der Waals surface area (Å²) < 4.78 is 26.6. The van der Waals surface area contributed by atoms with Gasteiger partial charge < -0.3 is 11.1 Å². The lowest BCUT2D eigenvalue weighted by molar-refractivity contribution is 0.100. The summed E-state index contributed by atoms with van der Waals surface area (Å²) in [5.41, 5.74) is 6.07. The van der Waals surface area contributed by atoms with Crippen LogP contribution in [0.15, 0.2) is 24.3 Å². The van der Waals surface area contributed by atoms with Gasteiger partial charge in [-0.05, 0) is 48.6 Å². The molecule has 1 saturated carbocycles. The summed E-state index contributed by atoms with van der Waals surface area (Å²) in [6.45, 7) is 0. The second kappa shape index (κ2) is 7.51. The summed E-state index contributed by atoms with van der Waals surface area (Å²) in [5, 5.41) is 3.65. The van der Waals surface area contributed by atoms with E-state index in [0.717, 1.165) is 24.2 Å². The average Bonchev–Trinajstić information content (AvgIpc) is 3.43. The molecule has 0 radical (unpaired) electrons. The van der Waals surface area contributed by atoms with Crippen molar-refractivity contribution in [2.24, 2.45) is 5.73 Å². The van der Waals surface area contributed by atoms with Gasteiger partial charge in [0.05, 0.1) is 16.3 Å². The molecule has 2 heterocycles. The predicted molar refractivity (Wildman–Crippen MR) is 109 cm³/mol. The summed E-state index contributed by atoms with van der Waals surface area (Å²) in [6.07, 6.45) is -1.08. The van der Waals surface area contributed by atoms with Gasteiger partial charge in [-0.1, -0.05) is 23.2 Å². The van der Waals surface area contributed by atoms with E-state index < -0.39 is 18.2 Å². The highest BCUT2D eigenvalue weighted by atomic mass is 35.5. The first-order chi connectivity index (χ1) is 13.8. The number of fused-ring (bicyclic) bond motifs is 1. The van der Waals surface area contributed by atoms with Crippen LogP contribution in [-0.4, -0.2) is 16.8 Å². The summed E-state index contributed by atoms with van der Waals surface area (Å²) in [5.74, 6) is -1.29. The van der Waals surface area contributed by atoms with E-state index in [0.29, 0.717) is 16.0 Å². The lowest BCUT2D eigenvalue weighted by atomic mass is 10.0. The molecular formula is C19H13Cl2F2N3O2S. The molecule has 29 heavy (non-hydrogen) atoms. The minimum atomic E-state index is -2.75. The van der Waals surface area contributed by atoms with Crippen molar-refractivity contribution in [2.45, 2.75) is 25.2 Å². The fourth-order valence-electron chi connectivity index (χ4n) is 3.12. The van der Waals surface area contributed by atoms with Gasteiger partial charge in [0.15, 0.2) is 0 Å². The van der Waals surface area contributed by atoms with Crippen molar-refractivity contribution >= 4 is 62.3 Å². The molecule has 4 rings (SSSR count). The van der Waals surface area contributed by atoms with Crippen molar-refractivity contribution in [3.63, 3.8) is 0 Å². The average molecular weight is 456 g/mol. The predicted octanol–water partition coefficient (Wildman–Crippen LogP) is 5.77. The first-order valence-corrected chi connectivity index (χ1v) is 10.1. The second-order valence-corrected chi connectivity index (χ2v) is 8.48. The number of benzene rings is 1. The number of nitrogens with zero attached hydrogens (tertiary/aromatic N) is 1. The Morgan fingerprint density at radius 1 is 1.24 bits per heavy atom. The molecule has 0 unspecified atom stereocenters. The molecule has 1 fully saturated rings. The quantitative estimate of drug-likeness (QED) is 0.511. The number of carbonyl (C=O) groups is 2. The van der Waals surface area contributed by atoms with Gasteiger partial charge in [0, 0.05) is 10.4 Å². The number of aromatic nitrogens is 1. The van der Waals surface area contributed by atoms with Gasteiger partial charge in [0.25, 0.3) is 18.2 Å². The molecule has 0 atom stereocenters. The van der Waals surface area contributed by atoms with Crippen LogP contribution in [0.4, 0.5) is 14.5 Å². The normalized spacial score (nSPS) is 13.8. The smallest absolute Gasteiger partial charge is 0.280 e. The number of nitrogens with two attached hydrogens (primary N) is 1. The Morgan fingerprint density at radius 2 is 1.97 bits per heavy atom. The molecule has 3 aromatic rings. The summed E-state index contributed by atoms with van der Waals surface area (Å²) >= 11 is 12.8. The number of amides is 2. The van der Waals surface area contributed by atoms with Crippen LogP contribution in [0.5, 0.6) is 0 Å². The van der Waals surface area contributed by atoms with Gasteiger partial charge in [-0.2, -0.15) is 0 Å². The van der Waals surface area contributed by atoms with Gasteiger partial charge >= 0.3 is 0 Å². The number of alkyl halides is 2. The van der Waals surface area contributed by atoms with Crippen molar-refractivity contribution < 1.29 is 18.4 Å². The molecule has 5 nitrogen and oxygen atoms in total. The molecule has 1 aromatic carbocycles. The van der Waals surface area contributed by atoms with E-state index in [1.54, 1.807) is 0 Å². The van der Waals surface area contributed by atoms with E-state index in [2.05, 4.69) is 10.3 Å². The van der Waals surface area contributed by atoms with Crippen LogP contribution in [0.2, 0.25) is 10.0 Å². The van der Waals surface area contributed by atoms with E-state index in [-0.39, 0.29) is 37.6 Å². The maximum Gasteiger partial charge on any atom is 0.280 e. The molecule has 1 aliphatic carbocycles. The molecule has 0 bridgehead atoms. The Hall–Kier alpha value is -2.29. The molecule has 0 aliphatic heterocycles. The maximum atomic E-state index is 13.3. The maximum absolute atomic E-state index is 13.3. The molecular weight excluding hydrogens is 443 g/mol. The number of anilines is 1. The Labute approximate surface area is 177 Å². The van der Waals surface area contributed by atoms with Crippen LogP contribution in [0, 0.1) is 0 Å². The summed E-state index contributed by atoms with van der Waals surface area (Å²) in [7, 11) is 0. The molecule has 2 aromatic heterocycles. The molecule has 150 valence electrons. The molecule has 2 amide bonds. The third kappa shape index (κ3) is 3.80. The minimum Gasteiger partial charge on any atom is -0.365 e. The Morgan fingerprint density at radius 3 is 2.55 bits per heavy atom. The fraction of sp³-hybridized carbons (Fsp3) is 0.211. The monoisotopic (exact) mass is 455 g/mol. The van der Waals surface area contributed by atoms with Crippen molar-refractivity contribution in [1.82, 2.24) is 4.98 Å². The number of pyridine rings is 1. The van der Waals surface area contributed by atoms with Crippen LogP contribution >= 0.6 is 34.5 Å². The van der Waals surface area contributed by atoms with Crippen molar-refractivity contribution in [3.8, 4) is 0 Å². The number of halogens is 4. The SMILES string of the molecule is NC(=O)c1sc2nc(C(F)F)cc(C3CC3)c2c1NC(=O)c1ccc(Cl)cc1Cl. The zero-order chi connectivity index (χ0) is 20.9. The van der Waals surface area contributed by atoms with Gasteiger partial charge in [-0.25, -0.2) is 13.8 Å². The standard InChI is InChI=1S/C19H13Cl2F2N3O2S/c20-8-3-4-9(11(21)5-8)18(28)26-14-13-10(7-1-2-7)6-12(16(22)23)25-19(13)29-15(14)17(24)27/h3-7,16H,1-2H2,(H2,24,27)(H,26,28). The Kier molecular flexibility index (Phi) is 5.18. The topological polar surface area (TPSA) is 85.1 Å². The van der Waals surface area contributed by atoms with E-state index in [1.165, 1.54) is 24.3 Å². The van der Waals surface area contributed by atoms with Crippen molar-refractivity contribution in [3.05, 3.63) is 56.0 Å². The summed E-state index contributed by atoms with van der Waals surface area (Å²) in [6, 6.07) is 5.72. The van der Waals surface area contributed by atoms with E-state index in [9.17, 15) is 18.4 Å². The van der Waals surface area contributed by atoms with Crippen LogP contribution in [0.25, 0.3) is 10.2 Å². The fourth-order valence-corrected chi connectivity index (χ4v) is 4.64. The molecule has 0 saturated heterocycles. The lowest BCUT2D eigenvalue weighted by Crippen LogP contribution is -2.17. The van der Waals surface area contributed by atoms with Crippen LogP contribution in [-0.2, 0) is 0 Å². The van der Waals surface area contributed by atoms with Crippen LogP contribution in [0.1, 0.15) is 56.5 Å². The number of hydrogen-bond donors (Lipinski definition) is 2. The molecule has 3 N–H and O–H groups in total. The molecule has 10 heteroatoms. The highest BCUT2D eigenvalue weighted by Gasteiger charge is 2.32. The van der Waals surface area contributed by atoms with Crippen molar-refractivity contribution in [2.75, 3.05) is 5.32 Å². The first-order valence-electron chi connectivity index (χ1n) is 8.58. The first kappa shape index (κ1) is 20.0. The largest absolute Gasteiger partial charge is 0.365 e. The molecule has 1 aliphatic rings. The summed E-state index contributed by atoms with van der Waals surface area (Å²) in [4.78, 5) is 29.1. The van der Waals surface area contributed by atoms with Crippen molar-refractivity contribution in [1.29, 1.82) is 0 Å². The van der Waals surface area contributed by atoms with E-state index in [1.807, 2.05) is 0 Å². The second-order valence-electron chi connectivity index (χ2n) is 6.64. The Balaban J connectivity index is 1.87. The van der Waals surface area contributed by atoms with Gasteiger partial charge in [0.2, 0.25) is 0 Å². The zero-order valence-corrected chi connectivity index (χ0v) is 17.0. The third-order valence-electron chi connectivity index (χ3n) is 4.59. The Bertz CT molecular complexity index is 1160. The highest BCUT2D eigenvalue weighted by molar-refractivity contribution is 7.21. The van der Waals surface area contributed by atoms with E-state index in [4.69, 9.17) is 28.9 Å². The zero-order valence-electron chi connectivity index (χ0n) is 14.6.